The van der Waals surface area contributed by atoms with E-state index >= 15 is 0 Å². The molecule has 0 aliphatic carbocycles. The zero-order valence-corrected chi connectivity index (χ0v) is 10.2. The quantitative estimate of drug-likeness (QED) is 0.873. The van der Waals surface area contributed by atoms with Crippen LogP contribution in [0.5, 0.6) is 5.75 Å². The molecule has 3 nitrogen and oxygen atoms in total. The van der Waals surface area contributed by atoms with Crippen molar-refractivity contribution in [3.05, 3.63) is 40.6 Å². The molecule has 1 aromatic carbocycles. The van der Waals surface area contributed by atoms with Crippen LogP contribution >= 0.6 is 11.3 Å². The zero-order chi connectivity index (χ0) is 13.0. The lowest BCUT2D eigenvalue weighted by Crippen LogP contribution is -2.02. The van der Waals surface area contributed by atoms with Gasteiger partial charge in [-0.1, -0.05) is 0 Å². The molecule has 0 atom stereocenters. The fourth-order valence-electron chi connectivity index (χ4n) is 1.43. The molecule has 6 heteroatoms. The molecule has 2 aromatic rings. The van der Waals surface area contributed by atoms with Crippen molar-refractivity contribution in [1.29, 1.82) is 0 Å². The summed E-state index contributed by atoms with van der Waals surface area (Å²) in [6, 6.07) is 8.20. The second kappa shape index (κ2) is 5.68. The molecule has 18 heavy (non-hydrogen) atoms. The first-order valence-electron chi connectivity index (χ1n) is 5.26. The molecule has 0 spiro atoms. The van der Waals surface area contributed by atoms with Gasteiger partial charge in [0.15, 0.2) is 0 Å². The lowest BCUT2D eigenvalue weighted by molar-refractivity contribution is -0.0498. The molecule has 96 valence electrons. The van der Waals surface area contributed by atoms with Crippen molar-refractivity contribution >= 4 is 22.7 Å². The summed E-state index contributed by atoms with van der Waals surface area (Å²) < 4.78 is 28.2. The molecule has 0 aliphatic rings. The topological polar surface area (TPSA) is 47.3 Å². The number of ether oxygens (including phenoxy) is 1. The Morgan fingerprint density at radius 2 is 1.94 bits per heavy atom. The van der Waals surface area contributed by atoms with Crippen molar-refractivity contribution in [3.8, 4) is 5.75 Å². The van der Waals surface area contributed by atoms with Gasteiger partial charge in [0, 0.05) is 16.3 Å². The van der Waals surface area contributed by atoms with Gasteiger partial charge in [0.2, 0.25) is 0 Å². The Labute approximate surface area is 107 Å². The van der Waals surface area contributed by atoms with Gasteiger partial charge in [-0.15, -0.1) is 11.3 Å². The second-order valence-electron chi connectivity index (χ2n) is 3.56. The number of anilines is 2. The van der Waals surface area contributed by atoms with E-state index in [1.807, 2.05) is 11.4 Å². The number of rotatable bonds is 5. The normalized spacial score (nSPS) is 10.6. The van der Waals surface area contributed by atoms with Crippen LogP contribution in [0.1, 0.15) is 4.88 Å². The van der Waals surface area contributed by atoms with Crippen LogP contribution < -0.4 is 15.8 Å². The van der Waals surface area contributed by atoms with Crippen molar-refractivity contribution in [3.63, 3.8) is 0 Å². The van der Waals surface area contributed by atoms with Gasteiger partial charge in [0.05, 0.1) is 6.54 Å². The molecule has 0 bridgehead atoms. The van der Waals surface area contributed by atoms with Gasteiger partial charge in [-0.2, -0.15) is 8.78 Å². The van der Waals surface area contributed by atoms with Gasteiger partial charge in [0.1, 0.15) is 5.75 Å². The van der Waals surface area contributed by atoms with Crippen LogP contribution in [0, 0.1) is 0 Å². The first-order valence-corrected chi connectivity index (χ1v) is 6.13. The minimum absolute atomic E-state index is 0.145. The minimum Gasteiger partial charge on any atom is -0.435 e. The number of hydrogen-bond donors (Lipinski definition) is 2. The van der Waals surface area contributed by atoms with Crippen LogP contribution in [0.4, 0.5) is 20.2 Å². The third-order valence-electron chi connectivity index (χ3n) is 2.31. The van der Waals surface area contributed by atoms with E-state index in [0.29, 0.717) is 6.54 Å². The standard InChI is InChI=1S/C12H12F2N2OS/c13-12(14)17-9-3-1-8(2-4-9)16-7-11-10(15)5-6-18-11/h1-6,12,16H,7,15H2. The average Bonchev–Trinajstić information content (AvgIpc) is 2.73. The maximum atomic E-state index is 11.9. The Morgan fingerprint density at radius 1 is 1.22 bits per heavy atom. The monoisotopic (exact) mass is 270 g/mol. The summed E-state index contributed by atoms with van der Waals surface area (Å²) in [5.41, 5.74) is 7.33. The number of nitrogens with one attached hydrogen (secondary N) is 1. The second-order valence-corrected chi connectivity index (χ2v) is 4.56. The number of alkyl halides is 2. The third-order valence-corrected chi connectivity index (χ3v) is 3.25. The maximum Gasteiger partial charge on any atom is 0.387 e. The molecule has 0 saturated carbocycles. The predicted octanol–water partition coefficient (Wildman–Crippen LogP) is 3.54. The molecule has 0 unspecified atom stereocenters. The van der Waals surface area contributed by atoms with Gasteiger partial charge in [-0.3, -0.25) is 0 Å². The lowest BCUT2D eigenvalue weighted by Gasteiger charge is -2.08. The summed E-state index contributed by atoms with van der Waals surface area (Å²) in [6.07, 6.45) is 0. The molecule has 0 saturated heterocycles. The Hall–Kier alpha value is -1.82. The van der Waals surface area contributed by atoms with Crippen molar-refractivity contribution < 1.29 is 13.5 Å². The fourth-order valence-corrected chi connectivity index (χ4v) is 2.17. The van der Waals surface area contributed by atoms with E-state index in [1.165, 1.54) is 12.1 Å². The van der Waals surface area contributed by atoms with Gasteiger partial charge in [-0.25, -0.2) is 0 Å². The van der Waals surface area contributed by atoms with E-state index in [4.69, 9.17) is 5.73 Å². The van der Waals surface area contributed by atoms with E-state index < -0.39 is 6.61 Å². The van der Waals surface area contributed by atoms with Crippen molar-refractivity contribution in [2.24, 2.45) is 0 Å². The Kier molecular flexibility index (Phi) is 3.99. The van der Waals surface area contributed by atoms with E-state index in [0.717, 1.165) is 16.3 Å². The predicted molar refractivity (Wildman–Crippen MR) is 69.1 cm³/mol. The van der Waals surface area contributed by atoms with Gasteiger partial charge < -0.3 is 15.8 Å². The van der Waals surface area contributed by atoms with E-state index in [1.54, 1.807) is 23.5 Å². The van der Waals surface area contributed by atoms with Crippen LogP contribution in [0.3, 0.4) is 0 Å². The highest BCUT2D eigenvalue weighted by Crippen LogP contribution is 2.22. The minimum atomic E-state index is -2.80. The Morgan fingerprint density at radius 3 is 2.50 bits per heavy atom. The van der Waals surface area contributed by atoms with E-state index in [9.17, 15) is 8.78 Å². The molecule has 0 amide bonds. The SMILES string of the molecule is Nc1ccsc1CNc1ccc(OC(F)F)cc1. The molecule has 0 fully saturated rings. The van der Waals surface area contributed by atoms with Crippen LogP contribution in [0.25, 0.3) is 0 Å². The highest BCUT2D eigenvalue weighted by Gasteiger charge is 2.04. The first kappa shape index (κ1) is 12.6. The Bertz CT molecular complexity index is 499. The van der Waals surface area contributed by atoms with Crippen molar-refractivity contribution in [1.82, 2.24) is 0 Å². The highest BCUT2D eigenvalue weighted by molar-refractivity contribution is 7.10. The zero-order valence-electron chi connectivity index (χ0n) is 9.40. The smallest absolute Gasteiger partial charge is 0.387 e. The van der Waals surface area contributed by atoms with Crippen LogP contribution in [-0.2, 0) is 6.54 Å². The summed E-state index contributed by atoms with van der Waals surface area (Å²) in [5, 5.41) is 5.08. The van der Waals surface area contributed by atoms with Crippen LogP contribution in [-0.4, -0.2) is 6.61 Å². The highest BCUT2D eigenvalue weighted by atomic mass is 32.1. The molecular formula is C12H12F2N2OS. The number of thiophene rings is 1. The number of hydrogen-bond acceptors (Lipinski definition) is 4. The number of halogens is 2. The van der Waals surface area contributed by atoms with E-state index in [2.05, 4.69) is 10.1 Å². The maximum absolute atomic E-state index is 11.9. The van der Waals surface area contributed by atoms with Crippen LogP contribution in [0.15, 0.2) is 35.7 Å². The lowest BCUT2D eigenvalue weighted by atomic mass is 10.3. The molecular weight excluding hydrogens is 258 g/mol. The summed E-state index contributed by atoms with van der Waals surface area (Å²) in [4.78, 5) is 1.04. The average molecular weight is 270 g/mol. The van der Waals surface area contributed by atoms with E-state index in [-0.39, 0.29) is 5.75 Å². The first-order chi connectivity index (χ1) is 8.65. The largest absolute Gasteiger partial charge is 0.435 e. The molecule has 0 aliphatic heterocycles. The molecule has 0 radical (unpaired) electrons. The van der Waals surface area contributed by atoms with Gasteiger partial charge in [0.25, 0.3) is 0 Å². The summed E-state index contributed by atoms with van der Waals surface area (Å²) in [5.74, 6) is 0.145. The summed E-state index contributed by atoms with van der Waals surface area (Å²) >= 11 is 1.57. The number of nitrogens with two attached hydrogens (primary N) is 1. The molecule has 2 rings (SSSR count). The molecule has 3 N–H and O–H groups in total. The summed E-state index contributed by atoms with van der Waals surface area (Å²) in [7, 11) is 0. The molecule has 1 heterocycles. The van der Waals surface area contributed by atoms with Crippen molar-refractivity contribution in [2.75, 3.05) is 11.1 Å². The third kappa shape index (κ3) is 3.33. The molecule has 1 aromatic heterocycles. The van der Waals surface area contributed by atoms with Gasteiger partial charge >= 0.3 is 6.61 Å². The summed E-state index contributed by atoms with van der Waals surface area (Å²) in [6.45, 7) is -2.19. The number of nitrogen functional groups attached to an aromatic ring is 1. The van der Waals surface area contributed by atoms with Gasteiger partial charge in [-0.05, 0) is 35.7 Å². The Balaban J connectivity index is 1.92. The van der Waals surface area contributed by atoms with Crippen molar-refractivity contribution in [2.45, 2.75) is 13.2 Å². The number of benzene rings is 1. The fraction of sp³-hybridized carbons (Fsp3) is 0.167. The van der Waals surface area contributed by atoms with Crippen LogP contribution in [0.2, 0.25) is 0 Å².